The van der Waals surface area contributed by atoms with Crippen LogP contribution in [0.15, 0.2) is 0 Å². The second kappa shape index (κ2) is 1.43. The summed E-state index contributed by atoms with van der Waals surface area (Å²) in [5.41, 5.74) is 0.107. The van der Waals surface area contributed by atoms with Crippen molar-refractivity contribution in [2.75, 3.05) is 0 Å². The summed E-state index contributed by atoms with van der Waals surface area (Å²) in [5.74, 6) is -0.130. The second-order valence-corrected chi connectivity index (χ2v) is 4.80. The summed E-state index contributed by atoms with van der Waals surface area (Å²) in [5, 5.41) is 0. The zero-order valence-corrected chi connectivity index (χ0v) is 7.46. The molecule has 0 amide bonds. The van der Waals surface area contributed by atoms with Crippen molar-refractivity contribution >= 4 is 5.97 Å². The van der Waals surface area contributed by atoms with Crippen molar-refractivity contribution in [2.24, 2.45) is 17.3 Å². The van der Waals surface area contributed by atoms with E-state index in [9.17, 15) is 4.79 Å². The zero-order valence-electron chi connectivity index (χ0n) is 7.46. The van der Waals surface area contributed by atoms with Crippen LogP contribution in [0.5, 0.6) is 0 Å². The van der Waals surface area contributed by atoms with Gasteiger partial charge in [-0.3, -0.25) is 4.79 Å². The molecule has 0 aromatic rings. The van der Waals surface area contributed by atoms with Gasteiger partial charge in [0.15, 0.2) is 0 Å². The number of carbonyl (C=O) groups is 1. The lowest BCUT2D eigenvalue weighted by Gasteiger charge is -2.11. The maximum atomic E-state index is 11.4. The van der Waals surface area contributed by atoms with Gasteiger partial charge in [0.05, 0.1) is 5.92 Å². The van der Waals surface area contributed by atoms with Crippen molar-refractivity contribution in [3.63, 3.8) is 0 Å². The highest BCUT2D eigenvalue weighted by atomic mass is 16.8. The van der Waals surface area contributed by atoms with Gasteiger partial charge < -0.3 is 9.47 Å². The standard InChI is InChI=1S/C9H12O3/c1-8(2)4-5(8)7(10)12-9(3)6(4)11-9/h4-6H,1-3H3. The first-order valence-electron chi connectivity index (χ1n) is 4.37. The number of epoxide rings is 1. The normalized spacial score (nSPS) is 58.2. The van der Waals surface area contributed by atoms with Crippen LogP contribution in [0.4, 0.5) is 0 Å². The third-order valence-electron chi connectivity index (χ3n) is 3.61. The van der Waals surface area contributed by atoms with E-state index in [2.05, 4.69) is 13.8 Å². The summed E-state index contributed by atoms with van der Waals surface area (Å²) in [6, 6.07) is 0. The molecule has 3 fully saturated rings. The van der Waals surface area contributed by atoms with E-state index in [1.54, 1.807) is 0 Å². The molecule has 3 heteroatoms. The summed E-state index contributed by atoms with van der Waals surface area (Å²) in [6.45, 7) is 6.06. The van der Waals surface area contributed by atoms with E-state index < -0.39 is 5.79 Å². The van der Waals surface area contributed by atoms with E-state index in [-0.39, 0.29) is 23.4 Å². The molecule has 1 saturated carbocycles. The van der Waals surface area contributed by atoms with Gasteiger partial charge in [-0.2, -0.15) is 0 Å². The molecule has 0 N–H and O–H groups in total. The van der Waals surface area contributed by atoms with Gasteiger partial charge in [-0.15, -0.1) is 0 Å². The molecular formula is C9H12O3. The van der Waals surface area contributed by atoms with E-state index in [4.69, 9.17) is 9.47 Å². The van der Waals surface area contributed by atoms with Crippen molar-refractivity contribution in [1.29, 1.82) is 0 Å². The van der Waals surface area contributed by atoms with Gasteiger partial charge in [0.2, 0.25) is 5.79 Å². The van der Waals surface area contributed by atoms with Crippen LogP contribution in [-0.2, 0) is 14.3 Å². The van der Waals surface area contributed by atoms with Crippen LogP contribution in [0.2, 0.25) is 0 Å². The van der Waals surface area contributed by atoms with E-state index >= 15 is 0 Å². The SMILES string of the molecule is CC12OC(=O)C3C(C1O2)C3(C)C. The fourth-order valence-corrected chi connectivity index (χ4v) is 2.66. The minimum absolute atomic E-state index is 0.0683. The van der Waals surface area contributed by atoms with Crippen molar-refractivity contribution in [3.05, 3.63) is 0 Å². The van der Waals surface area contributed by atoms with Gasteiger partial charge >= 0.3 is 5.97 Å². The summed E-state index contributed by atoms with van der Waals surface area (Å²) < 4.78 is 10.6. The summed E-state index contributed by atoms with van der Waals surface area (Å²) in [6.07, 6.45) is 0.176. The molecular weight excluding hydrogens is 156 g/mol. The molecule has 2 aliphatic heterocycles. The first-order valence-corrected chi connectivity index (χ1v) is 4.37. The van der Waals surface area contributed by atoms with Crippen molar-refractivity contribution < 1.29 is 14.3 Å². The number of fused-ring (bicyclic) bond motifs is 3. The molecule has 3 aliphatic rings. The van der Waals surface area contributed by atoms with Gasteiger partial charge in [-0.25, -0.2) is 0 Å². The second-order valence-electron chi connectivity index (χ2n) is 4.80. The van der Waals surface area contributed by atoms with Crippen molar-refractivity contribution in [2.45, 2.75) is 32.7 Å². The Labute approximate surface area is 71.0 Å². The number of esters is 1. The highest BCUT2D eigenvalue weighted by Gasteiger charge is 2.80. The first-order chi connectivity index (χ1) is 5.47. The molecule has 1 aliphatic carbocycles. The fourth-order valence-electron chi connectivity index (χ4n) is 2.66. The number of carbonyl (C=O) groups excluding carboxylic acids is 1. The molecule has 3 rings (SSSR count). The van der Waals surface area contributed by atoms with E-state index in [1.807, 2.05) is 6.92 Å². The smallest absolute Gasteiger partial charge is 0.312 e. The topological polar surface area (TPSA) is 38.8 Å². The lowest BCUT2D eigenvalue weighted by molar-refractivity contribution is -0.161. The van der Waals surface area contributed by atoms with Crippen LogP contribution >= 0.6 is 0 Å². The van der Waals surface area contributed by atoms with E-state index in [0.29, 0.717) is 5.92 Å². The lowest BCUT2D eigenvalue weighted by atomic mass is 10.1. The summed E-state index contributed by atoms with van der Waals surface area (Å²) in [4.78, 5) is 11.4. The molecule has 4 unspecified atom stereocenters. The zero-order chi connectivity index (χ0) is 8.72. The molecule has 2 saturated heterocycles. The number of hydrogen-bond donors (Lipinski definition) is 0. The predicted molar refractivity (Wildman–Crippen MR) is 40.1 cm³/mol. The Morgan fingerprint density at radius 3 is 2.67 bits per heavy atom. The van der Waals surface area contributed by atoms with Gasteiger partial charge in [0, 0.05) is 12.8 Å². The summed E-state index contributed by atoms with van der Waals surface area (Å²) >= 11 is 0. The van der Waals surface area contributed by atoms with Crippen LogP contribution in [0.1, 0.15) is 20.8 Å². The number of rotatable bonds is 0. The fraction of sp³-hybridized carbons (Fsp3) is 0.889. The van der Waals surface area contributed by atoms with Crippen LogP contribution < -0.4 is 0 Å². The Morgan fingerprint density at radius 1 is 1.33 bits per heavy atom. The lowest BCUT2D eigenvalue weighted by Crippen LogP contribution is -2.27. The van der Waals surface area contributed by atoms with Gasteiger partial charge in [-0.05, 0) is 5.41 Å². The Hall–Kier alpha value is -0.570. The number of ether oxygens (including phenoxy) is 2. The Morgan fingerprint density at radius 2 is 2.00 bits per heavy atom. The molecule has 4 atom stereocenters. The largest absolute Gasteiger partial charge is 0.430 e. The monoisotopic (exact) mass is 168 g/mol. The van der Waals surface area contributed by atoms with E-state index in [0.717, 1.165) is 0 Å². The van der Waals surface area contributed by atoms with Gasteiger partial charge in [0.25, 0.3) is 0 Å². The maximum absolute atomic E-state index is 11.4. The quantitative estimate of drug-likeness (QED) is 0.399. The highest BCUT2D eigenvalue weighted by molar-refractivity contribution is 5.80. The summed E-state index contributed by atoms with van der Waals surface area (Å²) in [7, 11) is 0. The molecule has 0 aromatic heterocycles. The van der Waals surface area contributed by atoms with Crippen molar-refractivity contribution in [1.82, 2.24) is 0 Å². The highest BCUT2D eigenvalue weighted by Crippen LogP contribution is 2.70. The Kier molecular flexibility index (Phi) is 0.824. The van der Waals surface area contributed by atoms with Crippen molar-refractivity contribution in [3.8, 4) is 0 Å². The predicted octanol–water partition coefficient (Wildman–Crippen LogP) is 0.930. The Balaban J connectivity index is 1.98. The molecule has 12 heavy (non-hydrogen) atoms. The molecule has 0 spiro atoms. The molecule has 2 heterocycles. The van der Waals surface area contributed by atoms with Crippen LogP contribution in [0.25, 0.3) is 0 Å². The van der Waals surface area contributed by atoms with Crippen LogP contribution in [0, 0.1) is 17.3 Å². The first kappa shape index (κ1) is 6.89. The average Bonchev–Trinajstić information content (AvgIpc) is 2.69. The molecule has 0 radical (unpaired) electrons. The minimum atomic E-state index is -0.563. The molecule has 0 aromatic carbocycles. The third-order valence-corrected chi connectivity index (χ3v) is 3.61. The Bertz CT molecular complexity index is 283. The minimum Gasteiger partial charge on any atom is -0.430 e. The van der Waals surface area contributed by atoms with Crippen LogP contribution in [0.3, 0.4) is 0 Å². The van der Waals surface area contributed by atoms with E-state index in [1.165, 1.54) is 0 Å². The average molecular weight is 168 g/mol. The molecule has 66 valence electrons. The van der Waals surface area contributed by atoms with Gasteiger partial charge in [-0.1, -0.05) is 13.8 Å². The third kappa shape index (κ3) is 0.534. The van der Waals surface area contributed by atoms with Gasteiger partial charge in [0.1, 0.15) is 6.10 Å². The van der Waals surface area contributed by atoms with Crippen LogP contribution in [-0.4, -0.2) is 17.9 Å². The molecule has 3 nitrogen and oxygen atoms in total. The number of hydrogen-bond acceptors (Lipinski definition) is 3. The molecule has 0 bridgehead atoms. The maximum Gasteiger partial charge on any atom is 0.312 e.